The van der Waals surface area contributed by atoms with Crippen molar-refractivity contribution in [3.63, 3.8) is 0 Å². The maximum Gasteiger partial charge on any atom is 0.304 e. The molecule has 0 saturated heterocycles. The van der Waals surface area contributed by atoms with Gasteiger partial charge in [0.05, 0.1) is 11.8 Å². The topological polar surface area (TPSA) is 63.6 Å². The number of fused-ring (bicyclic) bond motifs is 1. The Morgan fingerprint density at radius 2 is 2.06 bits per heavy atom. The third-order valence-electron chi connectivity index (χ3n) is 2.34. The van der Waals surface area contributed by atoms with Crippen LogP contribution in [0.1, 0.15) is 5.56 Å². The highest BCUT2D eigenvalue weighted by Gasteiger charge is 2.20. The van der Waals surface area contributed by atoms with E-state index in [-0.39, 0.29) is 4.21 Å². The van der Waals surface area contributed by atoms with Crippen LogP contribution >= 0.6 is 11.3 Å². The molecule has 0 aliphatic heterocycles. The van der Waals surface area contributed by atoms with Crippen LogP contribution in [0.3, 0.4) is 0 Å². The first-order chi connectivity index (χ1) is 7.45. The van der Waals surface area contributed by atoms with E-state index in [1.807, 2.05) is 0 Å². The van der Waals surface area contributed by atoms with Gasteiger partial charge >= 0.3 is 10.1 Å². The summed E-state index contributed by atoms with van der Waals surface area (Å²) >= 11 is 1.02. The van der Waals surface area contributed by atoms with Crippen LogP contribution in [0.25, 0.3) is 10.1 Å². The molecule has 86 valence electrons. The smallest absolute Gasteiger partial charge is 0.304 e. The highest BCUT2D eigenvalue weighted by molar-refractivity contribution is 7.88. The van der Waals surface area contributed by atoms with Crippen molar-refractivity contribution in [2.24, 2.45) is 0 Å². The number of methoxy groups -OCH3 is 1. The molecule has 1 N–H and O–H groups in total. The summed E-state index contributed by atoms with van der Waals surface area (Å²) in [6, 6.07) is 5.35. The summed E-state index contributed by atoms with van der Waals surface area (Å²) in [5.74, 6) is 0.612. The van der Waals surface area contributed by atoms with E-state index < -0.39 is 10.1 Å². The van der Waals surface area contributed by atoms with E-state index in [2.05, 4.69) is 0 Å². The highest BCUT2D eigenvalue weighted by Crippen LogP contribution is 2.38. The number of thiophene rings is 1. The van der Waals surface area contributed by atoms with Gasteiger partial charge in [-0.2, -0.15) is 8.42 Å². The molecule has 0 aliphatic carbocycles. The first kappa shape index (κ1) is 11.4. The van der Waals surface area contributed by atoms with Crippen LogP contribution in [-0.4, -0.2) is 20.1 Å². The van der Waals surface area contributed by atoms with E-state index >= 15 is 0 Å². The Hall–Kier alpha value is -1.11. The van der Waals surface area contributed by atoms with E-state index in [9.17, 15) is 8.42 Å². The molecule has 0 aliphatic rings. The molecule has 0 unspecified atom stereocenters. The van der Waals surface area contributed by atoms with E-state index in [0.717, 1.165) is 21.4 Å². The second kappa shape index (κ2) is 3.73. The zero-order valence-corrected chi connectivity index (χ0v) is 10.4. The molecule has 0 saturated carbocycles. The van der Waals surface area contributed by atoms with Gasteiger partial charge in [-0.1, -0.05) is 12.1 Å². The third kappa shape index (κ3) is 1.68. The van der Waals surface area contributed by atoms with Crippen LogP contribution in [0, 0.1) is 6.92 Å². The van der Waals surface area contributed by atoms with Gasteiger partial charge in [0, 0.05) is 5.39 Å². The summed E-state index contributed by atoms with van der Waals surface area (Å²) < 4.78 is 37.2. The van der Waals surface area contributed by atoms with Gasteiger partial charge in [0.25, 0.3) is 0 Å². The first-order valence-electron chi connectivity index (χ1n) is 4.48. The van der Waals surface area contributed by atoms with Gasteiger partial charge in [0.1, 0.15) is 5.75 Å². The summed E-state index contributed by atoms with van der Waals surface area (Å²) in [6.07, 6.45) is 0. The Labute approximate surface area is 97.2 Å². The largest absolute Gasteiger partial charge is 0.495 e. The Morgan fingerprint density at radius 1 is 1.38 bits per heavy atom. The Morgan fingerprint density at radius 3 is 2.62 bits per heavy atom. The zero-order valence-electron chi connectivity index (χ0n) is 8.72. The van der Waals surface area contributed by atoms with Gasteiger partial charge in [-0.05, 0) is 18.6 Å². The Kier molecular flexibility index (Phi) is 2.65. The Bertz CT molecular complexity index is 640. The molecule has 0 amide bonds. The van der Waals surface area contributed by atoms with E-state index in [1.165, 1.54) is 7.11 Å². The monoisotopic (exact) mass is 258 g/mol. The first-order valence-corrected chi connectivity index (χ1v) is 6.74. The second-order valence-corrected chi connectivity index (χ2v) is 5.96. The molecule has 2 rings (SSSR count). The summed E-state index contributed by atoms with van der Waals surface area (Å²) in [4.78, 5) is 0. The van der Waals surface area contributed by atoms with Gasteiger partial charge in [-0.25, -0.2) is 0 Å². The van der Waals surface area contributed by atoms with Crippen LogP contribution in [0.4, 0.5) is 0 Å². The number of aryl methyl sites for hydroxylation is 1. The Balaban J connectivity index is 2.88. The van der Waals surface area contributed by atoms with Crippen LogP contribution in [-0.2, 0) is 10.1 Å². The predicted octanol–water partition coefficient (Wildman–Crippen LogP) is 2.47. The number of hydrogen-bond acceptors (Lipinski definition) is 4. The van der Waals surface area contributed by atoms with Crippen molar-refractivity contribution in [2.75, 3.05) is 7.11 Å². The molecule has 0 fully saturated rings. The molecule has 0 atom stereocenters. The van der Waals surface area contributed by atoms with Crippen LogP contribution in [0.5, 0.6) is 5.75 Å². The summed E-state index contributed by atoms with van der Waals surface area (Å²) in [6.45, 7) is 1.67. The van der Waals surface area contributed by atoms with Crippen molar-refractivity contribution in [1.82, 2.24) is 0 Å². The van der Waals surface area contributed by atoms with Crippen molar-refractivity contribution < 1.29 is 17.7 Å². The lowest BCUT2D eigenvalue weighted by molar-refractivity contribution is 0.420. The molecule has 1 aromatic heterocycles. The van der Waals surface area contributed by atoms with Crippen molar-refractivity contribution in [1.29, 1.82) is 0 Å². The minimum Gasteiger partial charge on any atom is -0.495 e. The molecule has 1 aromatic carbocycles. The predicted molar refractivity (Wildman–Crippen MR) is 62.9 cm³/mol. The van der Waals surface area contributed by atoms with Gasteiger partial charge in [-0.15, -0.1) is 11.3 Å². The fourth-order valence-corrected chi connectivity index (χ4v) is 3.80. The zero-order chi connectivity index (χ0) is 11.9. The van der Waals surface area contributed by atoms with Crippen molar-refractivity contribution in [2.45, 2.75) is 11.1 Å². The maximum absolute atomic E-state index is 11.1. The minimum atomic E-state index is -4.16. The van der Waals surface area contributed by atoms with E-state index in [1.54, 1.807) is 25.1 Å². The molecule has 0 radical (unpaired) electrons. The summed E-state index contributed by atoms with van der Waals surface area (Å²) in [5, 5.41) is 0.789. The fourth-order valence-electron chi connectivity index (χ4n) is 1.60. The van der Waals surface area contributed by atoms with Crippen molar-refractivity contribution >= 4 is 31.5 Å². The lowest BCUT2D eigenvalue weighted by Gasteiger charge is -1.99. The molecule has 6 heteroatoms. The molecule has 0 spiro atoms. The van der Waals surface area contributed by atoms with E-state index in [0.29, 0.717) is 11.3 Å². The van der Waals surface area contributed by atoms with Gasteiger partial charge in [0.15, 0.2) is 4.21 Å². The molecule has 4 nitrogen and oxygen atoms in total. The van der Waals surface area contributed by atoms with Gasteiger partial charge < -0.3 is 4.74 Å². The fraction of sp³-hybridized carbons (Fsp3) is 0.200. The molecule has 1 heterocycles. The van der Waals surface area contributed by atoms with Crippen molar-refractivity contribution in [3.05, 3.63) is 23.8 Å². The normalized spacial score (nSPS) is 11.9. The van der Waals surface area contributed by atoms with Gasteiger partial charge in [0.2, 0.25) is 0 Å². The van der Waals surface area contributed by atoms with Crippen LogP contribution in [0.15, 0.2) is 22.4 Å². The molecule has 2 aromatic rings. The summed E-state index contributed by atoms with van der Waals surface area (Å²) in [5.41, 5.74) is 0.557. The molecule has 16 heavy (non-hydrogen) atoms. The molecule has 0 bridgehead atoms. The standard InChI is InChI=1S/C10H10O4S2/c1-6-7-4-3-5-8(14-2)9(7)15-10(6)16(11,12)13/h3-5H,1-2H3,(H,11,12,13). The number of hydrogen-bond donors (Lipinski definition) is 1. The average Bonchev–Trinajstić information content (AvgIpc) is 2.56. The lowest BCUT2D eigenvalue weighted by Crippen LogP contribution is -1.96. The molecular weight excluding hydrogens is 248 g/mol. The number of rotatable bonds is 2. The third-order valence-corrected chi connectivity index (χ3v) is 5.11. The second-order valence-electron chi connectivity index (χ2n) is 3.33. The lowest BCUT2D eigenvalue weighted by atomic mass is 10.2. The van der Waals surface area contributed by atoms with Crippen LogP contribution in [0.2, 0.25) is 0 Å². The van der Waals surface area contributed by atoms with E-state index in [4.69, 9.17) is 9.29 Å². The number of ether oxygens (including phenoxy) is 1. The summed E-state index contributed by atoms with van der Waals surface area (Å²) in [7, 11) is -2.63. The SMILES string of the molecule is COc1cccc2c(C)c(S(=O)(=O)O)sc12. The van der Waals surface area contributed by atoms with Crippen molar-refractivity contribution in [3.8, 4) is 5.75 Å². The maximum atomic E-state index is 11.1. The van der Waals surface area contributed by atoms with Gasteiger partial charge in [-0.3, -0.25) is 4.55 Å². The quantitative estimate of drug-likeness (QED) is 0.840. The minimum absolute atomic E-state index is 0.0213. The molecular formula is C10H10O4S2. The number of benzene rings is 1. The highest BCUT2D eigenvalue weighted by atomic mass is 32.3. The average molecular weight is 258 g/mol. The van der Waals surface area contributed by atoms with Crippen LogP contribution < -0.4 is 4.74 Å².